The Morgan fingerprint density at radius 1 is 1.29 bits per heavy atom. The van der Waals surface area contributed by atoms with E-state index in [2.05, 4.69) is 20.0 Å². The second kappa shape index (κ2) is 8.84. The maximum Gasteiger partial charge on any atom is 0.325 e. The Balaban J connectivity index is 1.53. The lowest BCUT2D eigenvalue weighted by Crippen LogP contribution is -2.42. The van der Waals surface area contributed by atoms with Crippen molar-refractivity contribution in [2.75, 3.05) is 31.6 Å². The van der Waals surface area contributed by atoms with Crippen LogP contribution < -0.4 is 15.8 Å². The van der Waals surface area contributed by atoms with E-state index in [1.807, 2.05) is 4.90 Å². The van der Waals surface area contributed by atoms with Crippen LogP contribution in [0.15, 0.2) is 34.4 Å². The number of carbonyl (C=O) groups is 2. The highest BCUT2D eigenvalue weighted by molar-refractivity contribution is 7.17. The molecule has 10 heteroatoms. The van der Waals surface area contributed by atoms with Gasteiger partial charge in [-0.05, 0) is 18.9 Å². The maximum absolute atomic E-state index is 14.3. The molecule has 0 saturated carbocycles. The fraction of sp³-hybridized carbons (Fsp3) is 0.333. The molecule has 1 aliphatic heterocycles. The number of aromatic nitrogens is 2. The largest absolute Gasteiger partial charge is 0.468 e. The molecule has 1 aromatic carbocycles. The third-order valence-electron chi connectivity index (χ3n) is 5.38. The quantitative estimate of drug-likeness (QED) is 0.585. The van der Waals surface area contributed by atoms with E-state index in [0.29, 0.717) is 53.2 Å². The van der Waals surface area contributed by atoms with Gasteiger partial charge in [-0.3, -0.25) is 19.4 Å². The summed E-state index contributed by atoms with van der Waals surface area (Å²) < 4.78 is 19.3. The predicted molar refractivity (Wildman–Crippen MR) is 116 cm³/mol. The van der Waals surface area contributed by atoms with Crippen molar-refractivity contribution in [2.45, 2.75) is 12.8 Å². The molecule has 1 amide bonds. The van der Waals surface area contributed by atoms with Crippen molar-refractivity contribution in [2.24, 2.45) is 5.92 Å². The van der Waals surface area contributed by atoms with Gasteiger partial charge in [0.05, 0.1) is 12.6 Å². The van der Waals surface area contributed by atoms with Crippen LogP contribution in [0.5, 0.6) is 0 Å². The molecule has 1 aliphatic rings. The lowest BCUT2D eigenvalue weighted by Gasteiger charge is -2.31. The molecule has 2 N–H and O–H groups in total. The smallest absolute Gasteiger partial charge is 0.325 e. The number of rotatable bonds is 5. The molecule has 3 aromatic rings. The lowest BCUT2D eigenvalue weighted by atomic mass is 9.96. The minimum absolute atomic E-state index is 0.155. The van der Waals surface area contributed by atoms with Crippen LogP contribution in [0.25, 0.3) is 21.3 Å². The molecule has 0 radical (unpaired) electrons. The summed E-state index contributed by atoms with van der Waals surface area (Å²) in [5.41, 5.74) is 1.18. The second-order valence-corrected chi connectivity index (χ2v) is 8.13. The Kier molecular flexibility index (Phi) is 5.99. The molecule has 1 saturated heterocycles. The van der Waals surface area contributed by atoms with Gasteiger partial charge in [0.1, 0.15) is 17.1 Å². The molecule has 3 heterocycles. The fourth-order valence-corrected chi connectivity index (χ4v) is 4.57. The van der Waals surface area contributed by atoms with Gasteiger partial charge in [-0.15, -0.1) is 11.3 Å². The van der Waals surface area contributed by atoms with Gasteiger partial charge in [-0.2, -0.15) is 0 Å². The van der Waals surface area contributed by atoms with Gasteiger partial charge >= 0.3 is 5.97 Å². The van der Waals surface area contributed by atoms with Gasteiger partial charge in [-0.1, -0.05) is 18.2 Å². The zero-order valence-electron chi connectivity index (χ0n) is 16.8. The van der Waals surface area contributed by atoms with E-state index < -0.39 is 5.97 Å². The number of aromatic amines is 1. The molecule has 0 unspecified atom stereocenters. The summed E-state index contributed by atoms with van der Waals surface area (Å²) >= 11 is 1.23. The molecular weight excluding hydrogens is 423 g/mol. The van der Waals surface area contributed by atoms with Crippen LogP contribution in [-0.4, -0.2) is 48.6 Å². The van der Waals surface area contributed by atoms with Crippen LogP contribution in [0.2, 0.25) is 0 Å². The number of H-pyrrole nitrogens is 1. The van der Waals surface area contributed by atoms with E-state index in [1.54, 1.807) is 23.6 Å². The summed E-state index contributed by atoms with van der Waals surface area (Å²) in [7, 11) is 1.27. The van der Waals surface area contributed by atoms with Crippen LogP contribution in [-0.2, 0) is 14.3 Å². The average molecular weight is 444 g/mol. The van der Waals surface area contributed by atoms with Crippen molar-refractivity contribution in [1.82, 2.24) is 15.3 Å². The molecule has 4 rings (SSSR count). The summed E-state index contributed by atoms with van der Waals surface area (Å²) in [6, 6.07) is 6.40. The zero-order chi connectivity index (χ0) is 22.0. The summed E-state index contributed by atoms with van der Waals surface area (Å²) in [5.74, 6) is -0.887. The summed E-state index contributed by atoms with van der Waals surface area (Å²) in [6.45, 7) is 0.881. The Bertz CT molecular complexity index is 1180. The van der Waals surface area contributed by atoms with E-state index in [-0.39, 0.29) is 29.7 Å². The fourth-order valence-electron chi connectivity index (χ4n) is 3.67. The van der Waals surface area contributed by atoms with E-state index in [0.717, 1.165) is 0 Å². The summed E-state index contributed by atoms with van der Waals surface area (Å²) in [5, 5.41) is 4.32. The van der Waals surface area contributed by atoms with E-state index in [9.17, 15) is 18.8 Å². The van der Waals surface area contributed by atoms with Crippen LogP contribution in [0.3, 0.4) is 0 Å². The van der Waals surface area contributed by atoms with Gasteiger partial charge in [0.15, 0.2) is 0 Å². The number of nitrogens with zero attached hydrogens (tertiary/aromatic N) is 2. The molecule has 162 valence electrons. The maximum atomic E-state index is 14.3. The number of esters is 1. The highest BCUT2D eigenvalue weighted by Gasteiger charge is 2.27. The lowest BCUT2D eigenvalue weighted by molar-refractivity contribution is -0.141. The molecule has 31 heavy (non-hydrogen) atoms. The molecule has 8 nitrogen and oxygen atoms in total. The SMILES string of the molecule is COC(=O)CNC(=O)C1CCN(c2nc3c(-c4ccccc4F)csc3c(=O)[nH]2)CC1. The third-order valence-corrected chi connectivity index (χ3v) is 6.35. The first kappa shape index (κ1) is 21.0. The van der Waals surface area contributed by atoms with Crippen molar-refractivity contribution in [3.8, 4) is 11.1 Å². The molecule has 0 atom stereocenters. The second-order valence-electron chi connectivity index (χ2n) is 7.25. The number of methoxy groups -OCH3 is 1. The standard InChI is InChI=1S/C21H21FN4O4S/c1-30-16(27)10-23-19(28)12-6-8-26(9-7-12)21-24-17-14(11-31-18(17)20(29)25-21)13-4-2-3-5-15(13)22/h2-5,11-12H,6-10H2,1H3,(H,23,28)(H,24,25,29). The van der Waals surface area contributed by atoms with Crippen molar-refractivity contribution in [3.63, 3.8) is 0 Å². The van der Waals surface area contributed by atoms with Crippen LogP contribution >= 0.6 is 11.3 Å². The monoisotopic (exact) mass is 444 g/mol. The molecule has 1 fully saturated rings. The Morgan fingerprint density at radius 3 is 2.74 bits per heavy atom. The normalized spacial score (nSPS) is 14.6. The number of thiophene rings is 1. The van der Waals surface area contributed by atoms with Gasteiger partial charge in [0.25, 0.3) is 5.56 Å². The first-order chi connectivity index (χ1) is 15.0. The van der Waals surface area contributed by atoms with Crippen molar-refractivity contribution >= 4 is 39.4 Å². The van der Waals surface area contributed by atoms with Crippen molar-refractivity contribution < 1.29 is 18.7 Å². The van der Waals surface area contributed by atoms with Gasteiger partial charge in [0, 0.05) is 35.5 Å². The number of anilines is 1. The first-order valence-corrected chi connectivity index (χ1v) is 10.7. The number of nitrogens with one attached hydrogen (secondary N) is 2. The summed E-state index contributed by atoms with van der Waals surface area (Å²) in [4.78, 5) is 45.4. The number of piperidine rings is 1. The third kappa shape index (κ3) is 4.29. The van der Waals surface area contributed by atoms with Gasteiger partial charge in [-0.25, -0.2) is 9.37 Å². The minimum atomic E-state index is -0.498. The van der Waals surface area contributed by atoms with Crippen molar-refractivity contribution in [1.29, 1.82) is 0 Å². The first-order valence-electron chi connectivity index (χ1n) is 9.84. The highest BCUT2D eigenvalue weighted by atomic mass is 32.1. The highest BCUT2D eigenvalue weighted by Crippen LogP contribution is 2.33. The summed E-state index contributed by atoms with van der Waals surface area (Å²) in [6.07, 6.45) is 1.11. The number of ether oxygens (including phenoxy) is 1. The topological polar surface area (TPSA) is 104 Å². The molecule has 2 aromatic heterocycles. The number of halogens is 1. The molecule has 0 spiro atoms. The average Bonchev–Trinajstić information content (AvgIpc) is 3.22. The zero-order valence-corrected chi connectivity index (χ0v) is 17.6. The van der Waals surface area contributed by atoms with E-state index in [1.165, 1.54) is 24.5 Å². The van der Waals surface area contributed by atoms with E-state index in [4.69, 9.17) is 0 Å². The Morgan fingerprint density at radius 2 is 2.03 bits per heavy atom. The van der Waals surface area contributed by atoms with Crippen LogP contribution in [0.1, 0.15) is 12.8 Å². The Labute approximate surface area is 181 Å². The number of amides is 1. The number of hydrogen-bond acceptors (Lipinski definition) is 7. The van der Waals surface area contributed by atoms with E-state index >= 15 is 0 Å². The number of carbonyl (C=O) groups excluding carboxylic acids is 2. The predicted octanol–water partition coefficient (Wildman–Crippen LogP) is 2.30. The van der Waals surface area contributed by atoms with Crippen LogP contribution in [0.4, 0.5) is 10.3 Å². The Hall–Kier alpha value is -3.27. The number of hydrogen-bond donors (Lipinski definition) is 2. The molecular formula is C21H21FN4O4S. The van der Waals surface area contributed by atoms with Crippen LogP contribution in [0, 0.1) is 11.7 Å². The van der Waals surface area contributed by atoms with Crippen molar-refractivity contribution in [3.05, 3.63) is 45.8 Å². The molecule has 0 aliphatic carbocycles. The van der Waals surface area contributed by atoms with Gasteiger partial charge in [0.2, 0.25) is 11.9 Å². The number of benzene rings is 1. The van der Waals surface area contributed by atoms with Gasteiger partial charge < -0.3 is 15.0 Å². The molecule has 0 bridgehead atoms. The number of fused-ring (bicyclic) bond motifs is 1. The minimum Gasteiger partial charge on any atom is -0.468 e.